The summed E-state index contributed by atoms with van der Waals surface area (Å²) in [7, 11) is 0. The van der Waals surface area contributed by atoms with Crippen molar-refractivity contribution in [2.24, 2.45) is 0 Å². The number of benzene rings is 2. The Morgan fingerprint density at radius 2 is 1.87 bits per heavy atom. The molecule has 0 atom stereocenters. The first-order chi connectivity index (χ1) is 14.8. The maximum absolute atomic E-state index is 12.8. The molecule has 0 aliphatic carbocycles. The quantitative estimate of drug-likeness (QED) is 0.545. The fraction of sp³-hybridized carbons (Fsp3) is 0.286. The number of halogens is 4. The predicted octanol–water partition coefficient (Wildman–Crippen LogP) is 5.82. The van der Waals surface area contributed by atoms with Gasteiger partial charge in [0.05, 0.1) is 10.6 Å². The van der Waals surface area contributed by atoms with E-state index in [9.17, 15) is 18.0 Å². The van der Waals surface area contributed by atoms with Crippen LogP contribution in [0.3, 0.4) is 0 Å². The van der Waals surface area contributed by atoms with Gasteiger partial charge in [-0.25, -0.2) is 4.79 Å². The van der Waals surface area contributed by atoms with Gasteiger partial charge in [-0.15, -0.1) is 0 Å². The molecule has 2 amide bonds. The first kappa shape index (κ1) is 21.2. The summed E-state index contributed by atoms with van der Waals surface area (Å²) in [5.74, 6) is 0.875. The Labute approximate surface area is 181 Å². The van der Waals surface area contributed by atoms with Gasteiger partial charge in [-0.05, 0) is 43.2 Å². The maximum atomic E-state index is 12.8. The summed E-state index contributed by atoms with van der Waals surface area (Å²) in [5, 5.41) is 7.06. The zero-order chi connectivity index (χ0) is 22.0. The molecule has 1 aliphatic rings. The van der Waals surface area contributed by atoms with Crippen molar-refractivity contribution in [1.29, 1.82) is 0 Å². The number of nitrogens with one attached hydrogen (secondary N) is 1. The molecule has 2 aromatic carbocycles. The normalized spacial score (nSPS) is 15.2. The lowest BCUT2D eigenvalue weighted by molar-refractivity contribution is -0.137. The molecule has 10 heteroatoms. The van der Waals surface area contributed by atoms with Gasteiger partial charge in [-0.1, -0.05) is 35.0 Å². The molecule has 31 heavy (non-hydrogen) atoms. The predicted molar refractivity (Wildman–Crippen MR) is 109 cm³/mol. The molecule has 1 saturated heterocycles. The van der Waals surface area contributed by atoms with Gasteiger partial charge in [0, 0.05) is 30.3 Å². The number of urea groups is 1. The summed E-state index contributed by atoms with van der Waals surface area (Å²) in [6, 6.07) is 11.3. The van der Waals surface area contributed by atoms with Gasteiger partial charge in [0.25, 0.3) is 0 Å². The molecule has 0 bridgehead atoms. The second-order valence-corrected chi connectivity index (χ2v) is 7.61. The summed E-state index contributed by atoms with van der Waals surface area (Å²) in [4.78, 5) is 18.5. The molecule has 0 radical (unpaired) electrons. The molecular weight excluding hydrogens is 433 g/mol. The van der Waals surface area contributed by atoms with Crippen LogP contribution >= 0.6 is 11.6 Å². The van der Waals surface area contributed by atoms with E-state index in [0.29, 0.717) is 48.2 Å². The highest BCUT2D eigenvalue weighted by atomic mass is 35.5. The topological polar surface area (TPSA) is 71.3 Å². The van der Waals surface area contributed by atoms with Crippen LogP contribution in [-0.2, 0) is 6.18 Å². The van der Waals surface area contributed by atoms with Gasteiger partial charge in [-0.2, -0.15) is 18.2 Å². The number of amides is 2. The minimum Gasteiger partial charge on any atom is -0.339 e. The summed E-state index contributed by atoms with van der Waals surface area (Å²) < 4.78 is 43.9. The van der Waals surface area contributed by atoms with E-state index in [0.717, 1.165) is 12.1 Å². The van der Waals surface area contributed by atoms with E-state index in [4.69, 9.17) is 16.1 Å². The van der Waals surface area contributed by atoms with Crippen molar-refractivity contribution in [2.75, 3.05) is 18.4 Å². The van der Waals surface area contributed by atoms with Crippen LogP contribution in [-0.4, -0.2) is 34.2 Å². The van der Waals surface area contributed by atoms with Crippen LogP contribution in [0, 0.1) is 0 Å². The molecule has 6 nitrogen and oxygen atoms in total. The van der Waals surface area contributed by atoms with Crippen molar-refractivity contribution < 1.29 is 22.5 Å². The molecule has 1 aliphatic heterocycles. The number of likely N-dealkylation sites (tertiary alicyclic amines) is 1. The van der Waals surface area contributed by atoms with Crippen LogP contribution < -0.4 is 5.32 Å². The Morgan fingerprint density at radius 1 is 1.13 bits per heavy atom. The first-order valence-corrected chi connectivity index (χ1v) is 10.0. The smallest absolute Gasteiger partial charge is 0.339 e. The van der Waals surface area contributed by atoms with E-state index < -0.39 is 17.8 Å². The SMILES string of the molecule is O=C(Nc1cccc(C(F)(F)F)c1)N1CCC(c2nc(-c3ccccc3Cl)no2)CC1. The largest absolute Gasteiger partial charge is 0.416 e. The third-order valence-corrected chi connectivity index (χ3v) is 5.46. The van der Waals surface area contributed by atoms with Gasteiger partial charge >= 0.3 is 12.2 Å². The highest BCUT2D eigenvalue weighted by Crippen LogP contribution is 2.32. The van der Waals surface area contributed by atoms with Crippen LogP contribution in [0.1, 0.15) is 30.2 Å². The van der Waals surface area contributed by atoms with Crippen molar-refractivity contribution in [3.63, 3.8) is 0 Å². The first-order valence-electron chi connectivity index (χ1n) is 9.63. The Hall–Kier alpha value is -3.07. The number of aromatic nitrogens is 2. The van der Waals surface area contributed by atoms with Gasteiger partial charge in [0.2, 0.25) is 11.7 Å². The van der Waals surface area contributed by atoms with Crippen molar-refractivity contribution in [1.82, 2.24) is 15.0 Å². The molecule has 1 fully saturated rings. The van der Waals surface area contributed by atoms with E-state index in [-0.39, 0.29) is 11.6 Å². The number of hydrogen-bond donors (Lipinski definition) is 1. The minimum atomic E-state index is -4.47. The Kier molecular flexibility index (Phi) is 5.86. The molecule has 162 valence electrons. The zero-order valence-corrected chi connectivity index (χ0v) is 17.0. The highest BCUT2D eigenvalue weighted by Gasteiger charge is 2.31. The minimum absolute atomic E-state index is 0.0126. The number of rotatable bonds is 3. The lowest BCUT2D eigenvalue weighted by Gasteiger charge is -2.30. The third kappa shape index (κ3) is 4.82. The lowest BCUT2D eigenvalue weighted by atomic mass is 9.97. The van der Waals surface area contributed by atoms with Gasteiger partial charge in [0.1, 0.15) is 0 Å². The van der Waals surface area contributed by atoms with Crippen LogP contribution in [0.15, 0.2) is 53.1 Å². The van der Waals surface area contributed by atoms with Crippen LogP contribution in [0.4, 0.5) is 23.7 Å². The number of carbonyl (C=O) groups excluding carboxylic acids is 1. The van der Waals surface area contributed by atoms with Crippen molar-refractivity contribution >= 4 is 23.3 Å². The molecule has 2 heterocycles. The number of carbonyl (C=O) groups is 1. The molecule has 0 unspecified atom stereocenters. The van der Waals surface area contributed by atoms with Gasteiger partial charge < -0.3 is 14.7 Å². The van der Waals surface area contributed by atoms with E-state index in [1.54, 1.807) is 17.0 Å². The average Bonchev–Trinajstić information content (AvgIpc) is 3.24. The van der Waals surface area contributed by atoms with E-state index in [2.05, 4.69) is 15.5 Å². The van der Waals surface area contributed by atoms with Crippen LogP contribution in [0.2, 0.25) is 5.02 Å². The monoisotopic (exact) mass is 450 g/mol. The van der Waals surface area contributed by atoms with Gasteiger partial charge in [-0.3, -0.25) is 0 Å². The number of alkyl halides is 3. The molecule has 0 spiro atoms. The summed E-state index contributed by atoms with van der Waals surface area (Å²) in [6.07, 6.45) is -3.27. The zero-order valence-electron chi connectivity index (χ0n) is 16.2. The third-order valence-electron chi connectivity index (χ3n) is 5.13. The number of piperidine rings is 1. The maximum Gasteiger partial charge on any atom is 0.416 e. The highest BCUT2D eigenvalue weighted by molar-refractivity contribution is 6.33. The second kappa shape index (κ2) is 8.58. The fourth-order valence-corrected chi connectivity index (χ4v) is 3.68. The number of hydrogen-bond acceptors (Lipinski definition) is 4. The number of nitrogens with zero attached hydrogens (tertiary/aromatic N) is 3. The Morgan fingerprint density at radius 3 is 2.58 bits per heavy atom. The standard InChI is InChI=1S/C21H18ClF3N4O2/c22-17-7-2-1-6-16(17)18-27-19(31-28-18)13-8-10-29(11-9-13)20(30)26-15-5-3-4-14(12-15)21(23,24)25/h1-7,12-13H,8-11H2,(H,26,30). The second-order valence-electron chi connectivity index (χ2n) is 7.21. The number of anilines is 1. The van der Waals surface area contributed by atoms with Crippen LogP contribution in [0.25, 0.3) is 11.4 Å². The van der Waals surface area contributed by atoms with Crippen molar-refractivity contribution in [3.05, 3.63) is 65.0 Å². The molecule has 3 aromatic rings. The summed E-state index contributed by atoms with van der Waals surface area (Å²) in [6.45, 7) is 0.832. The van der Waals surface area contributed by atoms with Crippen LogP contribution in [0.5, 0.6) is 0 Å². The molecule has 4 rings (SSSR count). The van der Waals surface area contributed by atoms with Gasteiger partial charge in [0.15, 0.2) is 0 Å². The lowest BCUT2D eigenvalue weighted by Crippen LogP contribution is -2.40. The average molecular weight is 451 g/mol. The van der Waals surface area contributed by atoms with E-state index in [1.807, 2.05) is 12.1 Å². The summed E-state index contributed by atoms with van der Waals surface area (Å²) >= 11 is 6.17. The summed E-state index contributed by atoms with van der Waals surface area (Å²) in [5.41, 5.74) is -0.0324. The molecular formula is C21H18ClF3N4O2. The molecule has 0 saturated carbocycles. The van der Waals surface area contributed by atoms with Crippen molar-refractivity contribution in [2.45, 2.75) is 24.9 Å². The van der Waals surface area contributed by atoms with Crippen molar-refractivity contribution in [3.8, 4) is 11.4 Å². The van der Waals surface area contributed by atoms with E-state index >= 15 is 0 Å². The molecule has 1 aromatic heterocycles. The fourth-order valence-electron chi connectivity index (χ4n) is 3.46. The Balaban J connectivity index is 1.36. The Bertz CT molecular complexity index is 1080. The molecule has 1 N–H and O–H groups in total. The van der Waals surface area contributed by atoms with E-state index in [1.165, 1.54) is 12.1 Å².